The fraction of sp³-hybridized carbons (Fsp3) is 0.500. The van der Waals surface area contributed by atoms with E-state index in [-0.39, 0.29) is 18.2 Å². The predicted octanol–water partition coefficient (Wildman–Crippen LogP) is 1.80. The Morgan fingerprint density at radius 3 is 2.50 bits per heavy atom. The third-order valence-electron chi connectivity index (χ3n) is 4.88. The van der Waals surface area contributed by atoms with Crippen molar-refractivity contribution in [2.75, 3.05) is 5.32 Å². The highest BCUT2D eigenvalue weighted by Crippen LogP contribution is 2.58. The maximum absolute atomic E-state index is 12.3. The molecule has 0 aromatic heterocycles. The van der Waals surface area contributed by atoms with Gasteiger partial charge in [0, 0.05) is 11.7 Å². The van der Waals surface area contributed by atoms with Crippen molar-refractivity contribution in [3.63, 3.8) is 0 Å². The lowest BCUT2D eigenvalue weighted by Gasteiger charge is -2.08. The smallest absolute Gasteiger partial charge is 0.307 e. The zero-order valence-corrected chi connectivity index (χ0v) is 13.8. The van der Waals surface area contributed by atoms with Crippen molar-refractivity contribution in [1.29, 1.82) is 0 Å². The van der Waals surface area contributed by atoms with Crippen LogP contribution in [-0.4, -0.2) is 28.9 Å². The lowest BCUT2D eigenvalue weighted by atomic mass is 10.1. The molecule has 1 aromatic rings. The monoisotopic (exact) mass is 330 g/mol. The summed E-state index contributed by atoms with van der Waals surface area (Å²) in [5.74, 6) is -2.42. The second-order valence-electron chi connectivity index (χ2n) is 7.32. The van der Waals surface area contributed by atoms with Crippen molar-refractivity contribution in [2.45, 2.75) is 39.2 Å². The Balaban J connectivity index is 1.61. The summed E-state index contributed by atoms with van der Waals surface area (Å²) in [4.78, 5) is 35.4. The minimum absolute atomic E-state index is 0.0183. The molecule has 128 valence electrons. The van der Waals surface area contributed by atoms with Gasteiger partial charge in [-0.1, -0.05) is 26.0 Å². The van der Waals surface area contributed by atoms with Gasteiger partial charge in [0.05, 0.1) is 18.3 Å². The van der Waals surface area contributed by atoms with Crippen LogP contribution in [0.25, 0.3) is 0 Å². The minimum atomic E-state index is -0.939. The van der Waals surface area contributed by atoms with E-state index in [9.17, 15) is 19.5 Å². The molecule has 6 heteroatoms. The van der Waals surface area contributed by atoms with Gasteiger partial charge in [0.25, 0.3) is 0 Å². The Labute approximate surface area is 140 Å². The zero-order chi connectivity index (χ0) is 17.5. The summed E-state index contributed by atoms with van der Waals surface area (Å²) in [5.41, 5.74) is 0.872. The van der Waals surface area contributed by atoms with Crippen LogP contribution in [0.3, 0.4) is 0 Å². The van der Waals surface area contributed by atoms with E-state index in [1.165, 1.54) is 0 Å². The summed E-state index contributed by atoms with van der Waals surface area (Å²) in [5, 5.41) is 14.9. The topological polar surface area (TPSA) is 95.5 Å². The quantitative estimate of drug-likeness (QED) is 0.741. The number of carboxylic acid groups (broad SMARTS) is 1. The Bertz CT molecular complexity index is 694. The Morgan fingerprint density at radius 2 is 1.92 bits per heavy atom. The molecule has 0 aliphatic heterocycles. The van der Waals surface area contributed by atoms with E-state index in [1.807, 2.05) is 6.07 Å². The van der Waals surface area contributed by atoms with Gasteiger partial charge >= 0.3 is 5.97 Å². The third kappa shape index (κ3) is 3.42. The van der Waals surface area contributed by atoms with Gasteiger partial charge in [-0.3, -0.25) is 14.4 Å². The van der Waals surface area contributed by atoms with Gasteiger partial charge in [-0.2, -0.15) is 0 Å². The molecule has 0 bridgehead atoms. The van der Waals surface area contributed by atoms with Crippen molar-refractivity contribution >= 4 is 23.5 Å². The first-order chi connectivity index (χ1) is 11.3. The van der Waals surface area contributed by atoms with Crippen LogP contribution in [0.15, 0.2) is 24.3 Å². The summed E-state index contributed by atoms with van der Waals surface area (Å²) in [7, 11) is 0. The first kappa shape index (κ1) is 16.5. The maximum Gasteiger partial charge on any atom is 0.307 e. The number of anilines is 1. The van der Waals surface area contributed by atoms with Crippen LogP contribution in [0.5, 0.6) is 0 Å². The molecule has 2 aliphatic rings. The van der Waals surface area contributed by atoms with Gasteiger partial charge in [-0.25, -0.2) is 0 Å². The molecule has 6 nitrogen and oxygen atoms in total. The number of carbonyl (C=O) groups excluding carboxylic acids is 2. The van der Waals surface area contributed by atoms with Gasteiger partial charge in [0.15, 0.2) is 0 Å². The van der Waals surface area contributed by atoms with E-state index in [2.05, 4.69) is 10.6 Å². The van der Waals surface area contributed by atoms with Gasteiger partial charge in [0.1, 0.15) is 0 Å². The number of carboxylic acids is 1. The molecule has 0 saturated heterocycles. The molecular formula is C18H22N2O4. The number of nitrogens with one attached hydrogen (secondary N) is 2. The fourth-order valence-corrected chi connectivity index (χ4v) is 3.26. The number of carbonyl (C=O) groups is 3. The number of amides is 2. The molecule has 3 rings (SSSR count). The van der Waals surface area contributed by atoms with Crippen molar-refractivity contribution in [2.24, 2.45) is 17.3 Å². The van der Waals surface area contributed by atoms with Gasteiger partial charge in [0.2, 0.25) is 11.8 Å². The number of hydrogen-bond acceptors (Lipinski definition) is 3. The molecule has 0 unspecified atom stereocenters. The van der Waals surface area contributed by atoms with Crippen molar-refractivity contribution in [3.05, 3.63) is 29.8 Å². The molecule has 2 aliphatic carbocycles. The second kappa shape index (κ2) is 5.92. The summed E-state index contributed by atoms with van der Waals surface area (Å²) < 4.78 is 0. The van der Waals surface area contributed by atoms with Crippen LogP contribution < -0.4 is 10.6 Å². The van der Waals surface area contributed by atoms with Gasteiger partial charge in [-0.05, 0) is 36.0 Å². The fourth-order valence-electron chi connectivity index (χ4n) is 3.26. The standard InChI is InChI=1S/C18H22N2O4/c1-18(2)14(15(18)17(23)24)16(22)20-12-5-3-4-10(8-12)9-13(21)19-11-6-7-11/h3-5,8,11,14-15H,6-7,9H2,1-2H3,(H,19,21)(H,20,22)(H,23,24)/t14-,15-/m1/s1. The van der Waals surface area contributed by atoms with Crippen LogP contribution in [0, 0.1) is 17.3 Å². The van der Waals surface area contributed by atoms with E-state index in [4.69, 9.17) is 0 Å². The molecule has 3 N–H and O–H groups in total. The molecule has 0 heterocycles. The molecule has 2 atom stereocenters. The minimum Gasteiger partial charge on any atom is -0.481 e. The normalized spacial score (nSPS) is 24.1. The highest BCUT2D eigenvalue weighted by Gasteiger charge is 2.65. The third-order valence-corrected chi connectivity index (χ3v) is 4.88. The van der Waals surface area contributed by atoms with Crippen LogP contribution >= 0.6 is 0 Å². The Hall–Kier alpha value is -2.37. The number of benzene rings is 1. The Morgan fingerprint density at radius 1 is 1.21 bits per heavy atom. The number of rotatable bonds is 6. The maximum atomic E-state index is 12.3. The first-order valence-corrected chi connectivity index (χ1v) is 8.21. The summed E-state index contributed by atoms with van der Waals surface area (Å²) in [6.07, 6.45) is 2.36. The molecule has 2 fully saturated rings. The van der Waals surface area contributed by atoms with Crippen LogP contribution in [0.4, 0.5) is 5.69 Å². The van der Waals surface area contributed by atoms with Crippen molar-refractivity contribution in [1.82, 2.24) is 5.32 Å². The first-order valence-electron chi connectivity index (χ1n) is 8.21. The van der Waals surface area contributed by atoms with Crippen LogP contribution in [-0.2, 0) is 20.8 Å². The molecule has 2 amide bonds. The average molecular weight is 330 g/mol. The molecule has 0 radical (unpaired) electrons. The van der Waals surface area contributed by atoms with Gasteiger partial charge in [-0.15, -0.1) is 0 Å². The zero-order valence-electron chi connectivity index (χ0n) is 13.8. The molecular weight excluding hydrogens is 308 g/mol. The number of hydrogen-bond donors (Lipinski definition) is 3. The largest absolute Gasteiger partial charge is 0.481 e. The summed E-state index contributed by atoms with van der Waals surface area (Å²) in [6.45, 7) is 3.57. The highest BCUT2D eigenvalue weighted by atomic mass is 16.4. The van der Waals surface area contributed by atoms with E-state index >= 15 is 0 Å². The van der Waals surface area contributed by atoms with Crippen molar-refractivity contribution in [3.8, 4) is 0 Å². The molecule has 2 saturated carbocycles. The predicted molar refractivity (Wildman–Crippen MR) is 88.3 cm³/mol. The number of aliphatic carboxylic acids is 1. The lowest BCUT2D eigenvalue weighted by Crippen LogP contribution is -2.27. The van der Waals surface area contributed by atoms with Gasteiger partial charge < -0.3 is 15.7 Å². The summed E-state index contributed by atoms with van der Waals surface area (Å²) >= 11 is 0. The molecule has 0 spiro atoms. The SMILES string of the molecule is CC1(C)[C@@H](C(=O)O)[C@@H]1C(=O)Nc1cccc(CC(=O)NC2CC2)c1. The highest BCUT2D eigenvalue weighted by molar-refractivity contribution is 5.99. The van der Waals surface area contributed by atoms with Crippen molar-refractivity contribution < 1.29 is 19.5 Å². The van der Waals surface area contributed by atoms with E-state index in [1.54, 1.807) is 32.0 Å². The molecule has 24 heavy (non-hydrogen) atoms. The van der Waals surface area contributed by atoms with E-state index < -0.39 is 23.2 Å². The average Bonchev–Trinajstić information content (AvgIpc) is 3.36. The second-order valence-corrected chi connectivity index (χ2v) is 7.32. The molecule has 1 aromatic carbocycles. The van der Waals surface area contributed by atoms with Crippen LogP contribution in [0.1, 0.15) is 32.3 Å². The van der Waals surface area contributed by atoms with Crippen LogP contribution in [0.2, 0.25) is 0 Å². The Kier molecular flexibility index (Phi) is 4.07. The van der Waals surface area contributed by atoms with E-state index in [0.29, 0.717) is 11.7 Å². The summed E-state index contributed by atoms with van der Waals surface area (Å²) in [6, 6.07) is 7.44. The lowest BCUT2D eigenvalue weighted by molar-refractivity contribution is -0.140. The van der Waals surface area contributed by atoms with E-state index in [0.717, 1.165) is 18.4 Å².